The Morgan fingerprint density at radius 1 is 1.26 bits per heavy atom. The fourth-order valence-electron chi connectivity index (χ4n) is 2.25. The van der Waals surface area contributed by atoms with E-state index in [9.17, 15) is 0 Å². The first-order valence-corrected chi connectivity index (χ1v) is 7.20. The monoisotopic (exact) mass is 317 g/mol. The Labute approximate surface area is 134 Å². The third-order valence-electron chi connectivity index (χ3n) is 3.32. The molecule has 23 heavy (non-hydrogen) atoms. The van der Waals surface area contributed by atoms with Crippen molar-refractivity contribution in [2.75, 3.05) is 36.9 Å². The molecule has 0 saturated heterocycles. The van der Waals surface area contributed by atoms with E-state index in [1.54, 1.807) is 7.11 Å². The highest BCUT2D eigenvalue weighted by atomic mass is 16.7. The molecule has 1 aliphatic heterocycles. The quantitative estimate of drug-likeness (QED) is 0.743. The van der Waals surface area contributed by atoms with Crippen molar-refractivity contribution >= 4 is 23.0 Å². The van der Waals surface area contributed by atoms with Crippen molar-refractivity contribution in [3.63, 3.8) is 0 Å². The summed E-state index contributed by atoms with van der Waals surface area (Å²) in [6.07, 6.45) is 1.45. The number of hydrogen-bond acceptors (Lipinski definition) is 8. The molecule has 2 heterocycles. The normalized spacial score (nSPS) is 13.7. The van der Waals surface area contributed by atoms with E-state index >= 15 is 0 Å². The molecule has 8 heteroatoms. The average Bonchev–Trinajstić information content (AvgIpc) is 2.99. The number of rotatable bonds is 6. The topological polar surface area (TPSA) is 104 Å². The van der Waals surface area contributed by atoms with E-state index in [4.69, 9.17) is 19.9 Å². The number of ether oxygens (including phenoxy) is 3. The van der Waals surface area contributed by atoms with Crippen molar-refractivity contribution in [2.45, 2.75) is 13.0 Å². The predicted molar refractivity (Wildman–Crippen MR) is 87.3 cm³/mol. The maximum Gasteiger partial charge on any atom is 0.231 e. The Bertz CT molecular complexity index is 695. The van der Waals surface area contributed by atoms with Gasteiger partial charge in [0, 0.05) is 24.9 Å². The van der Waals surface area contributed by atoms with Crippen molar-refractivity contribution < 1.29 is 14.2 Å². The minimum Gasteiger partial charge on any atom is -0.454 e. The molecule has 0 bridgehead atoms. The largest absolute Gasteiger partial charge is 0.454 e. The molecule has 0 amide bonds. The minimum absolute atomic E-state index is 0.0793. The maximum absolute atomic E-state index is 6.14. The molecule has 0 saturated carbocycles. The molecule has 0 spiro atoms. The van der Waals surface area contributed by atoms with Crippen LogP contribution in [-0.2, 0) is 4.74 Å². The number of hydrogen-bond donors (Lipinski definition) is 3. The summed E-state index contributed by atoms with van der Waals surface area (Å²) in [7, 11) is 1.65. The van der Waals surface area contributed by atoms with Crippen molar-refractivity contribution in [3.05, 3.63) is 24.5 Å². The molecule has 4 N–H and O–H groups in total. The van der Waals surface area contributed by atoms with E-state index in [-0.39, 0.29) is 12.8 Å². The van der Waals surface area contributed by atoms with Crippen molar-refractivity contribution in [2.24, 2.45) is 0 Å². The summed E-state index contributed by atoms with van der Waals surface area (Å²) in [4.78, 5) is 8.36. The van der Waals surface area contributed by atoms with Crippen molar-refractivity contribution in [3.8, 4) is 11.5 Å². The molecular weight excluding hydrogens is 298 g/mol. The zero-order valence-electron chi connectivity index (χ0n) is 13.0. The van der Waals surface area contributed by atoms with Gasteiger partial charge in [-0.3, -0.25) is 0 Å². The van der Waals surface area contributed by atoms with Crippen LogP contribution in [0.4, 0.5) is 23.0 Å². The fourth-order valence-corrected chi connectivity index (χ4v) is 2.25. The lowest BCUT2D eigenvalue weighted by molar-refractivity contribution is 0.174. The van der Waals surface area contributed by atoms with Crippen LogP contribution in [-0.4, -0.2) is 36.5 Å². The number of methoxy groups -OCH3 is 1. The van der Waals surface area contributed by atoms with Crippen LogP contribution in [0, 0.1) is 0 Å². The lowest BCUT2D eigenvalue weighted by atomic mass is 10.2. The highest BCUT2D eigenvalue weighted by molar-refractivity contribution is 5.78. The van der Waals surface area contributed by atoms with Crippen LogP contribution in [0.25, 0.3) is 0 Å². The van der Waals surface area contributed by atoms with E-state index in [1.165, 1.54) is 6.33 Å². The zero-order chi connectivity index (χ0) is 16.2. The maximum atomic E-state index is 6.14. The van der Waals surface area contributed by atoms with E-state index in [1.807, 2.05) is 25.1 Å². The molecule has 1 unspecified atom stereocenters. The number of nitrogens with two attached hydrogens (primary N) is 1. The molecule has 1 aromatic heterocycles. The van der Waals surface area contributed by atoms with Crippen LogP contribution in [0.1, 0.15) is 6.92 Å². The van der Waals surface area contributed by atoms with E-state index in [2.05, 4.69) is 20.6 Å². The van der Waals surface area contributed by atoms with E-state index in [0.29, 0.717) is 29.7 Å². The molecule has 0 radical (unpaired) electrons. The second-order valence-electron chi connectivity index (χ2n) is 5.18. The van der Waals surface area contributed by atoms with Gasteiger partial charge in [-0.1, -0.05) is 0 Å². The van der Waals surface area contributed by atoms with Gasteiger partial charge < -0.3 is 30.6 Å². The van der Waals surface area contributed by atoms with Gasteiger partial charge in [-0.2, -0.15) is 0 Å². The Balaban J connectivity index is 1.78. The third kappa shape index (κ3) is 3.37. The van der Waals surface area contributed by atoms with Gasteiger partial charge in [0.05, 0.1) is 6.61 Å². The summed E-state index contributed by atoms with van der Waals surface area (Å²) >= 11 is 0. The van der Waals surface area contributed by atoms with Gasteiger partial charge in [0.25, 0.3) is 0 Å². The highest BCUT2D eigenvalue weighted by Gasteiger charge is 2.15. The summed E-state index contributed by atoms with van der Waals surface area (Å²) in [6.45, 7) is 2.77. The smallest absolute Gasteiger partial charge is 0.231 e. The minimum atomic E-state index is 0.0793. The lowest BCUT2D eigenvalue weighted by Gasteiger charge is -2.16. The number of aromatic nitrogens is 2. The van der Waals surface area contributed by atoms with Crippen LogP contribution < -0.4 is 25.8 Å². The second kappa shape index (κ2) is 6.57. The Morgan fingerprint density at radius 3 is 2.87 bits per heavy atom. The molecule has 2 aromatic rings. The predicted octanol–water partition coefficient (Wildman–Crippen LogP) is 1.98. The first kappa shape index (κ1) is 15.2. The molecule has 1 aromatic carbocycles. The molecule has 1 atom stereocenters. The van der Waals surface area contributed by atoms with Crippen LogP contribution >= 0.6 is 0 Å². The molecule has 0 fully saturated rings. The number of nitrogen functional groups attached to an aromatic ring is 1. The molecule has 0 aliphatic carbocycles. The van der Waals surface area contributed by atoms with Gasteiger partial charge in [0.15, 0.2) is 23.1 Å². The number of benzene rings is 1. The molecule has 122 valence electrons. The van der Waals surface area contributed by atoms with Gasteiger partial charge in [-0.15, -0.1) is 0 Å². The number of anilines is 4. The van der Waals surface area contributed by atoms with Crippen LogP contribution in [0.2, 0.25) is 0 Å². The number of nitrogens with one attached hydrogen (secondary N) is 2. The lowest BCUT2D eigenvalue weighted by Crippen LogP contribution is -2.22. The molecule has 3 rings (SSSR count). The second-order valence-corrected chi connectivity index (χ2v) is 5.18. The first-order valence-electron chi connectivity index (χ1n) is 7.20. The Morgan fingerprint density at radius 2 is 2.04 bits per heavy atom. The fraction of sp³-hybridized carbons (Fsp3) is 0.333. The van der Waals surface area contributed by atoms with Gasteiger partial charge in [-0.25, -0.2) is 9.97 Å². The average molecular weight is 317 g/mol. The summed E-state index contributed by atoms with van der Waals surface area (Å²) < 4.78 is 15.7. The summed E-state index contributed by atoms with van der Waals surface area (Å²) in [6, 6.07) is 5.62. The Hall–Kier alpha value is -2.74. The highest BCUT2D eigenvalue weighted by Crippen LogP contribution is 2.35. The third-order valence-corrected chi connectivity index (χ3v) is 3.32. The van der Waals surface area contributed by atoms with Gasteiger partial charge in [0.2, 0.25) is 6.79 Å². The summed E-state index contributed by atoms with van der Waals surface area (Å²) in [5, 5.41) is 6.36. The Kier molecular flexibility index (Phi) is 4.33. The zero-order valence-corrected chi connectivity index (χ0v) is 13.0. The number of nitrogens with zero attached hydrogens (tertiary/aromatic N) is 2. The molecule has 8 nitrogen and oxygen atoms in total. The van der Waals surface area contributed by atoms with Gasteiger partial charge in [0.1, 0.15) is 12.0 Å². The SMILES string of the molecule is COCC(C)Nc1ncnc(Nc2ccc3c(c2)OCO3)c1N. The molecule has 1 aliphatic rings. The molecular formula is C15H19N5O3. The standard InChI is InChI=1S/C15H19N5O3/c1-9(6-21-2)19-14-13(16)15(18-7-17-14)20-10-3-4-11-12(5-10)23-8-22-11/h3-5,7,9H,6,8,16H2,1-2H3,(H2,17,18,19,20). The van der Waals surface area contributed by atoms with Gasteiger partial charge in [-0.05, 0) is 19.1 Å². The van der Waals surface area contributed by atoms with Crippen LogP contribution in [0.3, 0.4) is 0 Å². The van der Waals surface area contributed by atoms with E-state index < -0.39 is 0 Å². The van der Waals surface area contributed by atoms with Crippen LogP contribution in [0.5, 0.6) is 11.5 Å². The van der Waals surface area contributed by atoms with Crippen molar-refractivity contribution in [1.82, 2.24) is 9.97 Å². The number of fused-ring (bicyclic) bond motifs is 1. The van der Waals surface area contributed by atoms with Crippen molar-refractivity contribution in [1.29, 1.82) is 0 Å². The van der Waals surface area contributed by atoms with Gasteiger partial charge >= 0.3 is 0 Å². The first-order chi connectivity index (χ1) is 11.2. The van der Waals surface area contributed by atoms with Crippen LogP contribution in [0.15, 0.2) is 24.5 Å². The summed E-state index contributed by atoms with van der Waals surface area (Å²) in [5.41, 5.74) is 7.38. The summed E-state index contributed by atoms with van der Waals surface area (Å²) in [5.74, 6) is 2.50. The van der Waals surface area contributed by atoms with E-state index in [0.717, 1.165) is 11.4 Å².